The monoisotopic (exact) mass is 246 g/mol. The highest BCUT2D eigenvalue weighted by Gasteiger charge is 2.40. The number of nitrogens with zero attached hydrogens (tertiary/aromatic N) is 1. The van der Waals surface area contributed by atoms with Gasteiger partial charge in [-0.15, -0.1) is 0 Å². The molecule has 4 atom stereocenters. The number of likely N-dealkylation sites (tertiary alicyclic amines) is 1. The van der Waals surface area contributed by atoms with E-state index < -0.39 is 9.84 Å². The zero-order valence-corrected chi connectivity index (χ0v) is 10.9. The molecular formula is C11H22N2O2S. The SMILES string of the molecule is CC1CC(C)CN(C2CS(=O)(=O)CC2N)C1. The first-order valence-electron chi connectivity index (χ1n) is 6.07. The number of sulfone groups is 1. The van der Waals surface area contributed by atoms with Crippen LogP contribution in [0.1, 0.15) is 20.3 Å². The molecule has 2 fully saturated rings. The lowest BCUT2D eigenvalue weighted by atomic mass is 9.90. The van der Waals surface area contributed by atoms with Gasteiger partial charge in [0.15, 0.2) is 9.84 Å². The fourth-order valence-electron chi connectivity index (χ4n) is 3.21. The van der Waals surface area contributed by atoms with E-state index in [1.807, 2.05) is 0 Å². The fourth-order valence-corrected chi connectivity index (χ4v) is 5.14. The second kappa shape index (κ2) is 4.27. The van der Waals surface area contributed by atoms with Gasteiger partial charge >= 0.3 is 0 Å². The lowest BCUT2D eigenvalue weighted by molar-refractivity contribution is 0.0987. The van der Waals surface area contributed by atoms with Crippen molar-refractivity contribution in [1.82, 2.24) is 4.90 Å². The number of nitrogens with two attached hydrogens (primary N) is 1. The molecule has 94 valence electrons. The summed E-state index contributed by atoms with van der Waals surface area (Å²) >= 11 is 0. The average Bonchev–Trinajstić information content (AvgIpc) is 2.38. The summed E-state index contributed by atoms with van der Waals surface area (Å²) in [6, 6.07) is -0.141. The van der Waals surface area contributed by atoms with Crippen LogP contribution >= 0.6 is 0 Å². The first-order valence-corrected chi connectivity index (χ1v) is 7.89. The summed E-state index contributed by atoms with van der Waals surface area (Å²) in [5, 5.41) is 0. The van der Waals surface area contributed by atoms with Crippen molar-refractivity contribution in [2.75, 3.05) is 24.6 Å². The highest BCUT2D eigenvalue weighted by molar-refractivity contribution is 7.91. The van der Waals surface area contributed by atoms with E-state index in [0.29, 0.717) is 11.8 Å². The van der Waals surface area contributed by atoms with Crippen LogP contribution in [0, 0.1) is 11.8 Å². The van der Waals surface area contributed by atoms with E-state index in [1.165, 1.54) is 6.42 Å². The molecule has 4 unspecified atom stereocenters. The van der Waals surface area contributed by atoms with Crippen LogP contribution in [0.5, 0.6) is 0 Å². The molecule has 2 saturated heterocycles. The van der Waals surface area contributed by atoms with Crippen molar-refractivity contribution in [3.05, 3.63) is 0 Å². The van der Waals surface area contributed by atoms with Gasteiger partial charge < -0.3 is 5.73 Å². The molecule has 0 saturated carbocycles. The topological polar surface area (TPSA) is 63.4 Å². The molecule has 0 spiro atoms. The van der Waals surface area contributed by atoms with Gasteiger partial charge in [-0.1, -0.05) is 13.8 Å². The molecule has 0 aromatic heterocycles. The minimum absolute atomic E-state index is 0.0511. The summed E-state index contributed by atoms with van der Waals surface area (Å²) in [6.45, 7) is 6.46. The number of hydrogen-bond donors (Lipinski definition) is 1. The Morgan fingerprint density at radius 1 is 1.12 bits per heavy atom. The van der Waals surface area contributed by atoms with E-state index in [0.717, 1.165) is 13.1 Å². The van der Waals surface area contributed by atoms with E-state index in [2.05, 4.69) is 18.7 Å². The Labute approximate surface area is 98.1 Å². The largest absolute Gasteiger partial charge is 0.325 e. The molecule has 0 aliphatic carbocycles. The number of piperidine rings is 1. The summed E-state index contributed by atoms with van der Waals surface area (Å²) < 4.78 is 23.1. The van der Waals surface area contributed by atoms with E-state index in [9.17, 15) is 8.42 Å². The van der Waals surface area contributed by atoms with Crippen molar-refractivity contribution in [3.63, 3.8) is 0 Å². The quantitative estimate of drug-likeness (QED) is 0.712. The van der Waals surface area contributed by atoms with Gasteiger partial charge in [0.1, 0.15) is 0 Å². The standard InChI is InChI=1S/C11H22N2O2S/c1-8-3-9(2)5-13(4-8)11-7-16(14,15)6-10(11)12/h8-11H,3-7,12H2,1-2H3. The zero-order valence-electron chi connectivity index (χ0n) is 10.1. The van der Waals surface area contributed by atoms with Crippen LogP contribution in [0.2, 0.25) is 0 Å². The van der Waals surface area contributed by atoms with Gasteiger partial charge in [0.2, 0.25) is 0 Å². The normalized spacial score (nSPS) is 44.7. The molecule has 0 aromatic carbocycles. The Balaban J connectivity index is 2.07. The van der Waals surface area contributed by atoms with Crippen molar-refractivity contribution < 1.29 is 8.42 Å². The zero-order chi connectivity index (χ0) is 11.9. The molecule has 0 radical (unpaired) electrons. The Morgan fingerprint density at radius 2 is 1.69 bits per heavy atom. The van der Waals surface area contributed by atoms with Crippen molar-refractivity contribution in [3.8, 4) is 0 Å². The molecule has 0 amide bonds. The maximum absolute atomic E-state index is 11.6. The Hall–Kier alpha value is -0.130. The van der Waals surface area contributed by atoms with Crippen LogP contribution in [-0.2, 0) is 9.84 Å². The van der Waals surface area contributed by atoms with Gasteiger partial charge in [-0.05, 0) is 18.3 Å². The Morgan fingerprint density at radius 3 is 2.12 bits per heavy atom. The molecule has 16 heavy (non-hydrogen) atoms. The molecule has 0 aromatic rings. The van der Waals surface area contributed by atoms with Gasteiger partial charge in [0.25, 0.3) is 0 Å². The van der Waals surface area contributed by atoms with Crippen LogP contribution < -0.4 is 5.73 Å². The third-order valence-electron chi connectivity index (χ3n) is 3.73. The van der Waals surface area contributed by atoms with Gasteiger partial charge in [0.05, 0.1) is 11.5 Å². The maximum atomic E-state index is 11.6. The van der Waals surface area contributed by atoms with Crippen LogP contribution in [0.3, 0.4) is 0 Å². The number of rotatable bonds is 1. The summed E-state index contributed by atoms with van der Waals surface area (Å²) in [5.74, 6) is 1.73. The van der Waals surface area contributed by atoms with Crippen molar-refractivity contribution in [2.24, 2.45) is 17.6 Å². The molecule has 0 bridgehead atoms. The van der Waals surface area contributed by atoms with Gasteiger partial charge in [-0.2, -0.15) is 0 Å². The van der Waals surface area contributed by atoms with Crippen LogP contribution in [0.15, 0.2) is 0 Å². The molecular weight excluding hydrogens is 224 g/mol. The predicted octanol–water partition coefficient (Wildman–Crippen LogP) is 0.0886. The summed E-state index contributed by atoms with van der Waals surface area (Å²) in [5.41, 5.74) is 5.96. The molecule has 2 rings (SSSR count). The fraction of sp³-hybridized carbons (Fsp3) is 1.00. The van der Waals surface area contributed by atoms with E-state index in [-0.39, 0.29) is 23.6 Å². The van der Waals surface area contributed by atoms with Gasteiger partial charge in [0, 0.05) is 25.2 Å². The average molecular weight is 246 g/mol. The number of hydrogen-bond acceptors (Lipinski definition) is 4. The molecule has 2 aliphatic rings. The third kappa shape index (κ3) is 2.57. The van der Waals surface area contributed by atoms with Gasteiger partial charge in [-0.25, -0.2) is 8.42 Å². The minimum atomic E-state index is -2.90. The maximum Gasteiger partial charge on any atom is 0.153 e. The minimum Gasteiger partial charge on any atom is -0.325 e. The van der Waals surface area contributed by atoms with Gasteiger partial charge in [-0.3, -0.25) is 4.90 Å². The molecule has 2 heterocycles. The molecule has 2 N–H and O–H groups in total. The second-order valence-corrected chi connectivity index (χ2v) is 7.86. The van der Waals surface area contributed by atoms with Crippen LogP contribution in [-0.4, -0.2) is 50.0 Å². The lowest BCUT2D eigenvalue weighted by Crippen LogP contribution is -2.52. The second-order valence-electron chi connectivity index (χ2n) is 5.71. The Bertz CT molecular complexity index is 345. The van der Waals surface area contributed by atoms with E-state index in [4.69, 9.17) is 5.73 Å². The molecule has 5 heteroatoms. The lowest BCUT2D eigenvalue weighted by Gasteiger charge is -2.39. The van der Waals surface area contributed by atoms with Crippen molar-refractivity contribution in [2.45, 2.75) is 32.4 Å². The van der Waals surface area contributed by atoms with E-state index >= 15 is 0 Å². The summed E-state index contributed by atoms with van der Waals surface area (Å²) in [7, 11) is -2.90. The highest BCUT2D eigenvalue weighted by Crippen LogP contribution is 2.26. The first kappa shape index (κ1) is 12.3. The summed E-state index contributed by atoms with van der Waals surface area (Å²) in [6.07, 6.45) is 1.24. The van der Waals surface area contributed by atoms with Crippen molar-refractivity contribution >= 4 is 9.84 Å². The molecule has 2 aliphatic heterocycles. The van der Waals surface area contributed by atoms with Crippen LogP contribution in [0.25, 0.3) is 0 Å². The smallest absolute Gasteiger partial charge is 0.153 e. The predicted molar refractivity (Wildman–Crippen MR) is 64.9 cm³/mol. The summed E-state index contributed by atoms with van der Waals surface area (Å²) in [4.78, 5) is 2.30. The highest BCUT2D eigenvalue weighted by atomic mass is 32.2. The van der Waals surface area contributed by atoms with Crippen molar-refractivity contribution in [1.29, 1.82) is 0 Å². The third-order valence-corrected chi connectivity index (χ3v) is 5.47. The Kier molecular flexibility index (Phi) is 3.29. The van der Waals surface area contributed by atoms with E-state index in [1.54, 1.807) is 0 Å². The first-order chi connectivity index (χ1) is 7.37. The molecule has 4 nitrogen and oxygen atoms in total. The van der Waals surface area contributed by atoms with Crippen LogP contribution in [0.4, 0.5) is 0 Å².